The van der Waals surface area contributed by atoms with Crippen molar-refractivity contribution >= 4 is 29.1 Å². The Morgan fingerprint density at radius 1 is 1.44 bits per heavy atom. The number of nitro benzene ring substituents is 1. The van der Waals surface area contributed by atoms with E-state index in [4.69, 9.17) is 11.6 Å². The van der Waals surface area contributed by atoms with Crippen molar-refractivity contribution < 1.29 is 14.5 Å². The average Bonchev–Trinajstić information content (AvgIpc) is 2.74. The Morgan fingerprint density at radius 3 is 2.72 bits per heavy atom. The van der Waals surface area contributed by atoms with Crippen molar-refractivity contribution in [1.29, 1.82) is 0 Å². The zero-order valence-corrected chi connectivity index (χ0v) is 10.0. The Labute approximate surface area is 107 Å². The molecule has 2 amide bonds. The zero-order valence-electron chi connectivity index (χ0n) is 9.26. The predicted molar refractivity (Wildman–Crippen MR) is 63.4 cm³/mol. The molecule has 94 valence electrons. The highest BCUT2D eigenvalue weighted by molar-refractivity contribution is 6.36. The van der Waals surface area contributed by atoms with Crippen molar-refractivity contribution in [3.05, 3.63) is 38.9 Å². The number of imide groups is 1. The number of amides is 2. The van der Waals surface area contributed by atoms with Crippen molar-refractivity contribution in [2.24, 2.45) is 0 Å². The normalized spacial score (nSPS) is 14.9. The lowest BCUT2D eigenvalue weighted by molar-refractivity contribution is -0.384. The number of carbonyl (C=O) groups is 2. The van der Waals surface area contributed by atoms with Crippen LogP contribution in [0, 0.1) is 10.1 Å². The average molecular weight is 269 g/mol. The second kappa shape index (κ2) is 4.73. The number of halogens is 1. The first-order chi connectivity index (χ1) is 8.52. The monoisotopic (exact) mass is 268 g/mol. The number of likely N-dealkylation sites (tertiary alicyclic amines) is 1. The third-order valence-electron chi connectivity index (χ3n) is 2.72. The summed E-state index contributed by atoms with van der Waals surface area (Å²) in [6.45, 7) is 0.330. The molecule has 1 aromatic rings. The molecule has 18 heavy (non-hydrogen) atoms. The van der Waals surface area contributed by atoms with E-state index in [2.05, 4.69) is 0 Å². The largest absolute Gasteiger partial charge is 0.288 e. The molecule has 0 N–H and O–H groups in total. The summed E-state index contributed by atoms with van der Waals surface area (Å²) in [6.07, 6.45) is 0.926. The fraction of sp³-hybridized carbons (Fsp3) is 0.273. The Kier molecular flexibility index (Phi) is 3.29. The lowest BCUT2D eigenvalue weighted by atomic mass is 10.1. The summed E-state index contributed by atoms with van der Waals surface area (Å²) in [5.74, 6) is -0.853. The van der Waals surface area contributed by atoms with Crippen LogP contribution in [0.3, 0.4) is 0 Å². The summed E-state index contributed by atoms with van der Waals surface area (Å²) >= 11 is 5.82. The summed E-state index contributed by atoms with van der Waals surface area (Å²) in [6, 6.07) is 3.96. The van der Waals surface area contributed by atoms with Gasteiger partial charge in [0.1, 0.15) is 5.02 Å². The molecule has 0 spiro atoms. The van der Waals surface area contributed by atoms with Crippen LogP contribution in [-0.2, 0) is 4.79 Å². The molecular weight excluding hydrogens is 260 g/mol. The molecule has 1 aliphatic rings. The maximum atomic E-state index is 12.1. The highest BCUT2D eigenvalue weighted by atomic mass is 35.5. The molecule has 1 saturated heterocycles. The molecule has 0 radical (unpaired) electrons. The van der Waals surface area contributed by atoms with Crippen molar-refractivity contribution in [2.45, 2.75) is 12.8 Å². The van der Waals surface area contributed by atoms with Gasteiger partial charge in [0.05, 0.1) is 10.5 Å². The Hall–Kier alpha value is -1.95. The summed E-state index contributed by atoms with van der Waals surface area (Å²) < 4.78 is 0. The lowest BCUT2D eigenvalue weighted by Crippen LogP contribution is -2.32. The second-order valence-electron chi connectivity index (χ2n) is 3.85. The van der Waals surface area contributed by atoms with Crippen LogP contribution >= 0.6 is 11.6 Å². The Balaban J connectivity index is 2.39. The minimum absolute atomic E-state index is 0.0129. The van der Waals surface area contributed by atoms with E-state index in [1.165, 1.54) is 18.2 Å². The van der Waals surface area contributed by atoms with E-state index in [1.807, 2.05) is 0 Å². The van der Waals surface area contributed by atoms with Crippen molar-refractivity contribution in [3.8, 4) is 0 Å². The molecule has 7 heteroatoms. The van der Waals surface area contributed by atoms with Crippen molar-refractivity contribution in [3.63, 3.8) is 0 Å². The van der Waals surface area contributed by atoms with Crippen LogP contribution in [0.5, 0.6) is 0 Å². The predicted octanol–water partition coefficient (Wildman–Crippen LogP) is 2.01. The highest BCUT2D eigenvalue weighted by Gasteiger charge is 2.30. The first kappa shape index (κ1) is 12.5. The van der Waals surface area contributed by atoms with Gasteiger partial charge in [-0.25, -0.2) is 0 Å². The number of hydrogen-bond acceptors (Lipinski definition) is 4. The molecule has 0 unspecified atom stereocenters. The number of hydrogen-bond donors (Lipinski definition) is 0. The summed E-state index contributed by atoms with van der Waals surface area (Å²) in [4.78, 5) is 34.6. The van der Waals surface area contributed by atoms with Crippen LogP contribution < -0.4 is 0 Å². The maximum Gasteiger partial charge on any atom is 0.288 e. The van der Waals surface area contributed by atoms with Crippen molar-refractivity contribution in [2.75, 3.05) is 6.54 Å². The number of nitrogens with zero attached hydrogens (tertiary/aromatic N) is 2. The summed E-state index contributed by atoms with van der Waals surface area (Å²) in [5, 5.41) is 10.5. The second-order valence-corrected chi connectivity index (χ2v) is 4.23. The molecule has 1 fully saturated rings. The van der Waals surface area contributed by atoms with Gasteiger partial charge in [0.15, 0.2) is 0 Å². The molecule has 6 nitrogen and oxygen atoms in total. The quantitative estimate of drug-likeness (QED) is 0.467. The third-order valence-corrected chi connectivity index (χ3v) is 3.12. The van der Waals surface area contributed by atoms with Gasteiger partial charge in [0.25, 0.3) is 11.6 Å². The van der Waals surface area contributed by atoms with E-state index in [1.54, 1.807) is 0 Å². The minimum atomic E-state index is -0.662. The van der Waals surface area contributed by atoms with Gasteiger partial charge in [-0.05, 0) is 12.5 Å². The first-order valence-electron chi connectivity index (χ1n) is 5.30. The van der Waals surface area contributed by atoms with E-state index < -0.39 is 10.8 Å². The molecule has 1 aliphatic heterocycles. The molecule has 1 heterocycles. The number of carbonyl (C=O) groups excluding carboxylic acids is 2. The van der Waals surface area contributed by atoms with E-state index in [-0.39, 0.29) is 22.2 Å². The number of rotatable bonds is 2. The number of nitro groups is 1. The fourth-order valence-electron chi connectivity index (χ4n) is 1.83. The van der Waals surface area contributed by atoms with Gasteiger partial charge in [-0.1, -0.05) is 17.7 Å². The molecule has 0 bridgehead atoms. The smallest absolute Gasteiger partial charge is 0.278 e. The van der Waals surface area contributed by atoms with E-state index >= 15 is 0 Å². The topological polar surface area (TPSA) is 80.5 Å². The molecule has 0 atom stereocenters. The van der Waals surface area contributed by atoms with Gasteiger partial charge in [-0.15, -0.1) is 0 Å². The summed E-state index contributed by atoms with van der Waals surface area (Å²) in [7, 11) is 0. The zero-order chi connectivity index (χ0) is 13.3. The third kappa shape index (κ3) is 2.06. The lowest BCUT2D eigenvalue weighted by Gasteiger charge is -2.14. The van der Waals surface area contributed by atoms with E-state index in [0.717, 1.165) is 4.90 Å². The Bertz CT molecular complexity index is 544. The molecular formula is C11H9ClN2O4. The maximum absolute atomic E-state index is 12.1. The van der Waals surface area contributed by atoms with Gasteiger partial charge in [0.2, 0.25) is 5.91 Å². The van der Waals surface area contributed by atoms with E-state index in [9.17, 15) is 19.7 Å². The minimum Gasteiger partial charge on any atom is -0.278 e. The van der Waals surface area contributed by atoms with Gasteiger partial charge in [0, 0.05) is 19.0 Å². The van der Waals surface area contributed by atoms with Crippen LogP contribution in [-0.4, -0.2) is 28.2 Å². The van der Waals surface area contributed by atoms with Crippen LogP contribution in [0.1, 0.15) is 23.2 Å². The van der Waals surface area contributed by atoms with Crippen LogP contribution in [0.25, 0.3) is 0 Å². The standard InChI is InChI=1S/C11H9ClN2O4/c12-10-7(3-1-4-8(10)14(17)18)11(16)13-6-2-5-9(13)15/h1,3-4H,2,5-6H2. The van der Waals surface area contributed by atoms with Crippen LogP contribution in [0.15, 0.2) is 18.2 Å². The van der Waals surface area contributed by atoms with Gasteiger partial charge in [-0.3, -0.25) is 24.6 Å². The van der Waals surface area contributed by atoms with Crippen molar-refractivity contribution in [1.82, 2.24) is 4.90 Å². The van der Waals surface area contributed by atoms with E-state index in [0.29, 0.717) is 19.4 Å². The highest BCUT2D eigenvalue weighted by Crippen LogP contribution is 2.29. The Morgan fingerprint density at radius 2 is 2.17 bits per heavy atom. The van der Waals surface area contributed by atoms with Gasteiger partial charge in [-0.2, -0.15) is 0 Å². The molecule has 2 rings (SSSR count). The molecule has 0 aliphatic carbocycles. The van der Waals surface area contributed by atoms with Crippen LogP contribution in [0.4, 0.5) is 5.69 Å². The fourth-order valence-corrected chi connectivity index (χ4v) is 2.11. The number of benzene rings is 1. The molecule has 1 aromatic carbocycles. The molecule has 0 saturated carbocycles. The van der Waals surface area contributed by atoms with Gasteiger partial charge < -0.3 is 0 Å². The van der Waals surface area contributed by atoms with Gasteiger partial charge >= 0.3 is 0 Å². The summed E-state index contributed by atoms with van der Waals surface area (Å²) in [5.41, 5.74) is -0.352. The molecule has 0 aromatic heterocycles. The van der Waals surface area contributed by atoms with Crippen LogP contribution in [0.2, 0.25) is 5.02 Å². The SMILES string of the molecule is O=C1CCCN1C(=O)c1cccc([N+](=O)[O-])c1Cl. The first-order valence-corrected chi connectivity index (χ1v) is 5.67.